The molecule has 2 aromatic rings. The summed E-state index contributed by atoms with van der Waals surface area (Å²) in [5, 5.41) is 0. The predicted molar refractivity (Wildman–Crippen MR) is 89.2 cm³/mol. The maximum absolute atomic E-state index is 13.1. The summed E-state index contributed by atoms with van der Waals surface area (Å²) in [6.45, 7) is 0.527. The van der Waals surface area contributed by atoms with Crippen LogP contribution in [0.1, 0.15) is 5.56 Å². The molecule has 0 unspecified atom stereocenters. The Hall–Kier alpha value is -2.63. The van der Waals surface area contributed by atoms with Crippen molar-refractivity contribution in [2.75, 3.05) is 28.2 Å². The summed E-state index contributed by atoms with van der Waals surface area (Å²) in [5.74, 6) is 1.38. The highest BCUT2D eigenvalue weighted by Gasteiger charge is 2.05. The van der Waals surface area contributed by atoms with E-state index in [1.165, 1.54) is 12.1 Å². The molecule has 0 aliphatic heterocycles. The Labute approximate surface area is 136 Å². The average Bonchev–Trinajstić information content (AvgIpc) is 2.48. The molecular weight excluding hydrogens is 295 g/mol. The Morgan fingerprint density at radius 3 is 2.43 bits per heavy atom. The lowest BCUT2D eigenvalue weighted by Gasteiger charge is -2.22. The molecule has 23 heavy (non-hydrogen) atoms. The van der Waals surface area contributed by atoms with Crippen LogP contribution in [0.5, 0.6) is 11.6 Å². The maximum atomic E-state index is 13.1. The molecule has 1 aromatic heterocycles. The first-order valence-electron chi connectivity index (χ1n) is 7.23. The first kappa shape index (κ1) is 16.7. The van der Waals surface area contributed by atoms with E-state index in [0.29, 0.717) is 18.2 Å². The van der Waals surface area contributed by atoms with Crippen molar-refractivity contribution in [1.82, 2.24) is 14.8 Å². The van der Waals surface area contributed by atoms with E-state index in [9.17, 15) is 4.39 Å². The molecule has 0 fully saturated rings. The van der Waals surface area contributed by atoms with Crippen LogP contribution in [0.4, 0.5) is 4.39 Å². The first-order chi connectivity index (χ1) is 11.0. The Balaban J connectivity index is 2.03. The predicted octanol–water partition coefficient (Wildman–Crippen LogP) is 2.99. The van der Waals surface area contributed by atoms with Gasteiger partial charge in [-0.1, -0.05) is 12.1 Å². The number of nitrogens with zero attached hydrogens (tertiary/aromatic N) is 4. The van der Waals surface area contributed by atoms with Crippen LogP contribution in [0.2, 0.25) is 0 Å². The minimum Gasteiger partial charge on any atom is -0.439 e. The van der Waals surface area contributed by atoms with Gasteiger partial charge in [0.25, 0.3) is 0 Å². The van der Waals surface area contributed by atoms with Crippen molar-refractivity contribution in [3.05, 3.63) is 54.0 Å². The molecule has 0 aliphatic rings. The van der Waals surface area contributed by atoms with Crippen LogP contribution in [-0.2, 0) is 6.54 Å². The Morgan fingerprint density at radius 2 is 1.87 bits per heavy atom. The van der Waals surface area contributed by atoms with E-state index >= 15 is 0 Å². The minimum absolute atomic E-state index is 0.339. The lowest BCUT2D eigenvalue weighted by atomic mass is 10.3. The van der Waals surface area contributed by atoms with Crippen molar-refractivity contribution >= 4 is 5.96 Å². The summed E-state index contributed by atoms with van der Waals surface area (Å²) in [5.41, 5.74) is 0.970. The molecule has 1 aromatic carbocycles. The van der Waals surface area contributed by atoms with E-state index < -0.39 is 0 Å². The summed E-state index contributed by atoms with van der Waals surface area (Å²) < 4.78 is 18.6. The molecule has 0 spiro atoms. The molecule has 5 nitrogen and oxygen atoms in total. The van der Waals surface area contributed by atoms with Crippen molar-refractivity contribution in [3.8, 4) is 11.6 Å². The largest absolute Gasteiger partial charge is 0.439 e. The molecule has 0 N–H and O–H groups in total. The van der Waals surface area contributed by atoms with E-state index in [1.807, 2.05) is 44.1 Å². The van der Waals surface area contributed by atoms with Crippen molar-refractivity contribution < 1.29 is 9.13 Å². The monoisotopic (exact) mass is 316 g/mol. The van der Waals surface area contributed by atoms with E-state index in [0.717, 1.165) is 11.5 Å². The number of hydrogen-bond acceptors (Lipinski definition) is 3. The van der Waals surface area contributed by atoms with Crippen LogP contribution in [0.3, 0.4) is 0 Å². The van der Waals surface area contributed by atoms with Gasteiger partial charge in [0.2, 0.25) is 5.88 Å². The second kappa shape index (κ2) is 7.58. The molecule has 2 rings (SSSR count). The van der Waals surface area contributed by atoms with E-state index in [1.54, 1.807) is 24.4 Å². The van der Waals surface area contributed by atoms with Gasteiger partial charge in [-0.15, -0.1) is 0 Å². The van der Waals surface area contributed by atoms with Gasteiger partial charge in [0.1, 0.15) is 11.6 Å². The summed E-state index contributed by atoms with van der Waals surface area (Å²) >= 11 is 0. The average molecular weight is 316 g/mol. The highest BCUT2D eigenvalue weighted by Crippen LogP contribution is 2.20. The third-order valence-corrected chi connectivity index (χ3v) is 3.02. The van der Waals surface area contributed by atoms with Gasteiger partial charge < -0.3 is 14.5 Å². The molecule has 0 atom stereocenters. The highest BCUT2D eigenvalue weighted by atomic mass is 19.1. The molecule has 1 heterocycles. The van der Waals surface area contributed by atoms with Crippen LogP contribution >= 0.6 is 0 Å². The van der Waals surface area contributed by atoms with Crippen LogP contribution in [0.25, 0.3) is 0 Å². The van der Waals surface area contributed by atoms with E-state index in [2.05, 4.69) is 9.98 Å². The topological polar surface area (TPSA) is 41.0 Å². The van der Waals surface area contributed by atoms with Gasteiger partial charge in [-0.05, 0) is 17.7 Å². The number of hydrogen-bond donors (Lipinski definition) is 0. The maximum Gasteiger partial charge on any atom is 0.219 e. The zero-order valence-electron chi connectivity index (χ0n) is 13.8. The third-order valence-electron chi connectivity index (χ3n) is 3.02. The smallest absolute Gasteiger partial charge is 0.219 e. The number of guanidine groups is 1. The molecule has 0 radical (unpaired) electrons. The Kier molecular flexibility index (Phi) is 5.51. The fourth-order valence-corrected chi connectivity index (χ4v) is 2.06. The van der Waals surface area contributed by atoms with Crippen molar-refractivity contribution in [2.24, 2.45) is 4.99 Å². The summed E-state index contributed by atoms with van der Waals surface area (Å²) in [7, 11) is 7.81. The number of aliphatic imine (C=N–C) groups is 1. The number of benzene rings is 1. The van der Waals surface area contributed by atoms with E-state index in [-0.39, 0.29) is 5.82 Å². The van der Waals surface area contributed by atoms with Crippen molar-refractivity contribution in [1.29, 1.82) is 0 Å². The zero-order chi connectivity index (χ0) is 16.8. The van der Waals surface area contributed by atoms with Crippen LogP contribution in [0.15, 0.2) is 47.6 Å². The normalized spacial score (nSPS) is 10.1. The Morgan fingerprint density at radius 1 is 1.13 bits per heavy atom. The lowest BCUT2D eigenvalue weighted by molar-refractivity contribution is 0.457. The quantitative estimate of drug-likeness (QED) is 0.642. The molecule has 0 saturated heterocycles. The summed E-state index contributed by atoms with van der Waals surface area (Å²) in [6.07, 6.45) is 1.71. The van der Waals surface area contributed by atoms with Crippen molar-refractivity contribution in [3.63, 3.8) is 0 Å². The molecular formula is C17H21FN4O. The fraction of sp³-hybridized carbons (Fsp3) is 0.294. The van der Waals surface area contributed by atoms with Gasteiger partial charge in [-0.3, -0.25) is 0 Å². The fourth-order valence-electron chi connectivity index (χ4n) is 2.06. The zero-order valence-corrected chi connectivity index (χ0v) is 13.8. The molecule has 0 bridgehead atoms. The van der Waals surface area contributed by atoms with Gasteiger partial charge in [0, 0.05) is 46.5 Å². The minimum atomic E-state index is -0.339. The van der Waals surface area contributed by atoms with Gasteiger partial charge in [-0.2, -0.15) is 0 Å². The van der Waals surface area contributed by atoms with Gasteiger partial charge in [0.15, 0.2) is 5.96 Å². The molecule has 0 amide bonds. The molecule has 0 saturated carbocycles. The van der Waals surface area contributed by atoms with Crippen molar-refractivity contribution in [2.45, 2.75) is 6.54 Å². The first-order valence-corrected chi connectivity index (χ1v) is 7.23. The highest BCUT2D eigenvalue weighted by molar-refractivity contribution is 5.79. The standard InChI is InChI=1S/C17H21FN4O/c1-21(2)17(22(3)4)20-12-13-8-9-16(19-11-13)23-15-7-5-6-14(18)10-15/h5-11H,12H2,1-4H3. The lowest BCUT2D eigenvalue weighted by Crippen LogP contribution is -2.35. The summed E-state index contributed by atoms with van der Waals surface area (Å²) in [6, 6.07) is 9.62. The molecule has 0 aliphatic carbocycles. The SMILES string of the molecule is CN(C)C(=NCc1ccc(Oc2cccc(F)c2)nc1)N(C)C. The van der Waals surface area contributed by atoms with Gasteiger partial charge >= 0.3 is 0 Å². The number of halogens is 1. The van der Waals surface area contributed by atoms with Crippen LogP contribution in [-0.4, -0.2) is 48.9 Å². The third kappa shape index (κ3) is 4.95. The van der Waals surface area contributed by atoms with E-state index in [4.69, 9.17) is 4.74 Å². The molecule has 122 valence electrons. The summed E-state index contributed by atoms with van der Waals surface area (Å²) in [4.78, 5) is 12.7. The van der Waals surface area contributed by atoms with Crippen LogP contribution in [0, 0.1) is 5.82 Å². The van der Waals surface area contributed by atoms with Gasteiger partial charge in [0.05, 0.1) is 6.54 Å². The van der Waals surface area contributed by atoms with Gasteiger partial charge in [-0.25, -0.2) is 14.4 Å². The number of rotatable bonds is 4. The number of aromatic nitrogens is 1. The Bertz CT molecular complexity index is 659. The second-order valence-corrected chi connectivity index (χ2v) is 5.47. The number of ether oxygens (including phenoxy) is 1. The molecule has 6 heteroatoms. The van der Waals surface area contributed by atoms with Crippen LogP contribution < -0.4 is 4.74 Å². The number of pyridine rings is 1. The second-order valence-electron chi connectivity index (χ2n) is 5.47.